The molecule has 4 nitrogen and oxygen atoms in total. The Kier molecular flexibility index (Phi) is 1.62. The molecule has 0 aliphatic carbocycles. The molecule has 54 valence electrons. The number of hydrogen-bond donors (Lipinski definition) is 2. The van der Waals surface area contributed by atoms with Gasteiger partial charge in [-0.1, -0.05) is 0 Å². The molecular formula is C6H8N2O2. The molecule has 0 spiro atoms. The van der Waals surface area contributed by atoms with Crippen molar-refractivity contribution in [2.45, 2.75) is 0 Å². The van der Waals surface area contributed by atoms with Crippen molar-refractivity contribution in [3.8, 4) is 5.75 Å². The van der Waals surface area contributed by atoms with Gasteiger partial charge in [-0.2, -0.15) is 0 Å². The van der Waals surface area contributed by atoms with Crippen LogP contribution in [-0.4, -0.2) is 12.2 Å². The largest absolute Gasteiger partial charge is 0.711 e. The van der Waals surface area contributed by atoms with Crippen LogP contribution in [0.25, 0.3) is 0 Å². The highest BCUT2D eigenvalue weighted by Crippen LogP contribution is 2.14. The summed E-state index contributed by atoms with van der Waals surface area (Å²) in [5.41, 5.74) is 0. The highest BCUT2D eigenvalue weighted by Gasteiger charge is 2.04. The van der Waals surface area contributed by atoms with Crippen molar-refractivity contribution in [2.75, 3.05) is 12.4 Å². The van der Waals surface area contributed by atoms with Crippen LogP contribution < -0.4 is 10.0 Å². The predicted molar refractivity (Wildman–Crippen MR) is 36.6 cm³/mol. The average Bonchev–Trinajstić information content (AvgIpc) is 1.88. The van der Waals surface area contributed by atoms with Crippen LogP contribution in [0.1, 0.15) is 0 Å². The van der Waals surface area contributed by atoms with E-state index in [-0.39, 0.29) is 11.6 Å². The van der Waals surface area contributed by atoms with Gasteiger partial charge >= 0.3 is 5.82 Å². The Morgan fingerprint density at radius 3 is 2.80 bits per heavy atom. The number of anilines is 1. The molecule has 1 heterocycles. The van der Waals surface area contributed by atoms with Crippen LogP contribution in [0.3, 0.4) is 0 Å². The first-order valence-electron chi connectivity index (χ1n) is 2.84. The zero-order valence-electron chi connectivity index (χ0n) is 5.53. The minimum atomic E-state index is -0.0417. The molecule has 4 heteroatoms. The first kappa shape index (κ1) is 6.67. The summed E-state index contributed by atoms with van der Waals surface area (Å²) in [7, 11) is 1.57. The van der Waals surface area contributed by atoms with Gasteiger partial charge in [0, 0.05) is 0 Å². The number of pyridine rings is 1. The van der Waals surface area contributed by atoms with Gasteiger partial charge < -0.3 is 10.3 Å². The molecule has 1 rings (SSSR count). The fourth-order valence-electron chi connectivity index (χ4n) is 0.717. The third kappa shape index (κ3) is 0.953. The van der Waals surface area contributed by atoms with Gasteiger partial charge in [-0.25, -0.2) is 4.73 Å². The number of nitrogens with one attached hydrogen (secondary N) is 1. The quantitative estimate of drug-likeness (QED) is 0.428. The second-order valence-corrected chi connectivity index (χ2v) is 1.82. The van der Waals surface area contributed by atoms with Crippen LogP contribution >= 0.6 is 0 Å². The standard InChI is InChI=1S/C6H8N2O2/c1-7-6-5(9)3-2-4-8(6)10/h2-4,7,9H,1H3. The van der Waals surface area contributed by atoms with E-state index in [9.17, 15) is 5.21 Å². The highest BCUT2D eigenvalue weighted by atomic mass is 16.5. The average molecular weight is 140 g/mol. The Morgan fingerprint density at radius 1 is 1.70 bits per heavy atom. The van der Waals surface area contributed by atoms with Crippen molar-refractivity contribution in [2.24, 2.45) is 0 Å². The normalized spacial score (nSPS) is 9.30. The molecule has 0 aliphatic rings. The maximum Gasteiger partial charge on any atom is 0.320 e. The molecule has 0 saturated carbocycles. The minimum absolute atomic E-state index is 0.0417. The van der Waals surface area contributed by atoms with Crippen molar-refractivity contribution < 1.29 is 9.84 Å². The van der Waals surface area contributed by atoms with Gasteiger partial charge in [0.25, 0.3) is 0 Å². The Hall–Kier alpha value is -1.45. The topological polar surface area (TPSA) is 59.2 Å². The van der Waals surface area contributed by atoms with E-state index >= 15 is 0 Å². The predicted octanol–water partition coefficient (Wildman–Crippen LogP) is 0.0673. The van der Waals surface area contributed by atoms with E-state index < -0.39 is 0 Å². The summed E-state index contributed by atoms with van der Waals surface area (Å²) in [5, 5.41) is 22.3. The molecule has 0 radical (unpaired) electrons. The molecule has 0 aliphatic heterocycles. The molecule has 0 saturated heterocycles. The third-order valence-corrected chi connectivity index (χ3v) is 1.18. The Labute approximate surface area is 58.3 Å². The van der Waals surface area contributed by atoms with Crippen molar-refractivity contribution in [3.05, 3.63) is 23.5 Å². The third-order valence-electron chi connectivity index (χ3n) is 1.18. The summed E-state index contributed by atoms with van der Waals surface area (Å²) in [4.78, 5) is 0. The zero-order chi connectivity index (χ0) is 7.56. The van der Waals surface area contributed by atoms with Crippen molar-refractivity contribution in [1.29, 1.82) is 0 Å². The lowest BCUT2D eigenvalue weighted by atomic mass is 10.4. The van der Waals surface area contributed by atoms with E-state index in [1.54, 1.807) is 7.05 Å². The molecule has 0 amide bonds. The van der Waals surface area contributed by atoms with Crippen LogP contribution in [0, 0.1) is 5.21 Å². The number of aromatic hydroxyl groups is 1. The summed E-state index contributed by atoms with van der Waals surface area (Å²) < 4.78 is 0.565. The van der Waals surface area contributed by atoms with Crippen molar-refractivity contribution in [3.63, 3.8) is 0 Å². The molecule has 0 fully saturated rings. The van der Waals surface area contributed by atoms with Gasteiger partial charge in [-0.3, -0.25) is 5.32 Å². The summed E-state index contributed by atoms with van der Waals surface area (Å²) in [6, 6.07) is 2.92. The lowest BCUT2D eigenvalue weighted by Gasteiger charge is -2.06. The van der Waals surface area contributed by atoms with Gasteiger partial charge in [0.1, 0.15) is 0 Å². The fraction of sp³-hybridized carbons (Fsp3) is 0.167. The van der Waals surface area contributed by atoms with E-state index in [4.69, 9.17) is 5.11 Å². The lowest BCUT2D eigenvalue weighted by molar-refractivity contribution is -0.590. The summed E-state index contributed by atoms with van der Waals surface area (Å²) >= 11 is 0. The highest BCUT2D eigenvalue weighted by molar-refractivity contribution is 5.43. The first-order chi connectivity index (χ1) is 4.75. The molecule has 1 aromatic heterocycles. The van der Waals surface area contributed by atoms with Gasteiger partial charge in [0.2, 0.25) is 5.75 Å². The van der Waals surface area contributed by atoms with Gasteiger partial charge in [-0.15, -0.1) is 0 Å². The number of aromatic nitrogens is 1. The van der Waals surface area contributed by atoms with Crippen molar-refractivity contribution in [1.82, 2.24) is 0 Å². The van der Waals surface area contributed by atoms with E-state index in [1.165, 1.54) is 18.3 Å². The van der Waals surface area contributed by atoms with Gasteiger partial charge in [0.05, 0.1) is 13.2 Å². The van der Waals surface area contributed by atoms with E-state index in [0.29, 0.717) is 4.73 Å². The van der Waals surface area contributed by atoms with Crippen LogP contribution in [-0.2, 0) is 0 Å². The molecule has 0 bridgehead atoms. The molecular weight excluding hydrogens is 132 g/mol. The lowest BCUT2D eigenvalue weighted by Crippen LogP contribution is -2.28. The summed E-state index contributed by atoms with van der Waals surface area (Å²) in [5.74, 6) is 0.127. The Morgan fingerprint density at radius 2 is 2.40 bits per heavy atom. The summed E-state index contributed by atoms with van der Waals surface area (Å²) in [6.07, 6.45) is 1.31. The molecule has 0 aromatic carbocycles. The Balaban J connectivity index is 3.17. The van der Waals surface area contributed by atoms with Gasteiger partial charge in [0.15, 0.2) is 0 Å². The van der Waals surface area contributed by atoms with Gasteiger partial charge in [-0.05, 0) is 12.1 Å². The molecule has 0 atom stereocenters. The number of hydrogen-bond acceptors (Lipinski definition) is 3. The Bertz CT molecular complexity index is 217. The SMILES string of the molecule is CNc1c(O)ccc[n+]1[O-]. The van der Waals surface area contributed by atoms with Crippen molar-refractivity contribution >= 4 is 5.82 Å². The molecule has 0 unspecified atom stereocenters. The maximum atomic E-state index is 10.8. The first-order valence-corrected chi connectivity index (χ1v) is 2.84. The second-order valence-electron chi connectivity index (χ2n) is 1.82. The zero-order valence-corrected chi connectivity index (χ0v) is 5.53. The van der Waals surface area contributed by atoms with Crippen LogP contribution in [0.15, 0.2) is 18.3 Å². The minimum Gasteiger partial charge on any atom is -0.711 e. The molecule has 10 heavy (non-hydrogen) atoms. The van der Waals surface area contributed by atoms with Crippen LogP contribution in [0.5, 0.6) is 5.75 Å². The van der Waals surface area contributed by atoms with Crippen LogP contribution in [0.2, 0.25) is 0 Å². The van der Waals surface area contributed by atoms with Crippen LogP contribution in [0.4, 0.5) is 5.82 Å². The molecule has 1 aromatic rings. The fourth-order valence-corrected chi connectivity index (χ4v) is 0.717. The monoisotopic (exact) mass is 140 g/mol. The number of rotatable bonds is 1. The van der Waals surface area contributed by atoms with E-state index in [0.717, 1.165) is 0 Å². The summed E-state index contributed by atoms with van der Waals surface area (Å²) in [6.45, 7) is 0. The van der Waals surface area contributed by atoms with E-state index in [2.05, 4.69) is 5.32 Å². The second kappa shape index (κ2) is 2.43. The maximum absolute atomic E-state index is 10.8. The smallest absolute Gasteiger partial charge is 0.320 e. The van der Waals surface area contributed by atoms with E-state index in [1.807, 2.05) is 0 Å². The molecule has 2 N–H and O–H groups in total. The number of nitrogens with zero attached hydrogens (tertiary/aromatic N) is 1.